The number of nitrogens with one attached hydrogen (secondary N) is 7. The maximum absolute atomic E-state index is 13.3. The van der Waals surface area contributed by atoms with E-state index in [0.717, 1.165) is 0 Å². The van der Waals surface area contributed by atoms with Crippen LogP contribution in [-0.4, -0.2) is 117 Å². The molecule has 0 aromatic carbocycles. The Morgan fingerprint density at radius 2 is 1.20 bits per heavy atom. The van der Waals surface area contributed by atoms with Gasteiger partial charge in [-0.2, -0.15) is 0 Å². The lowest BCUT2D eigenvalue weighted by atomic mass is 10.2. The van der Waals surface area contributed by atoms with Gasteiger partial charge < -0.3 is 69.5 Å². The molecule has 66 heavy (non-hydrogen) atoms. The molecule has 25 heteroatoms. The number of ether oxygens (including phenoxy) is 2. The number of hydrogen-bond donors (Lipinski definition) is 7. The quantitative estimate of drug-likeness (QED) is 0.0617. The molecule has 7 amide bonds. The summed E-state index contributed by atoms with van der Waals surface area (Å²) in [5.74, 6) is -3.80. The van der Waals surface area contributed by atoms with Gasteiger partial charge >= 0.3 is 12.1 Å². The fraction of sp³-hybridized carbons (Fsp3) is 0.390. The van der Waals surface area contributed by atoms with Crippen molar-refractivity contribution in [2.24, 2.45) is 35.2 Å². The van der Waals surface area contributed by atoms with E-state index in [4.69, 9.17) is 9.47 Å². The summed E-state index contributed by atoms with van der Waals surface area (Å²) in [6, 6.07) is 1.71. The molecule has 0 aliphatic carbocycles. The van der Waals surface area contributed by atoms with Crippen molar-refractivity contribution in [3.05, 3.63) is 78.2 Å². The van der Waals surface area contributed by atoms with Gasteiger partial charge in [0.15, 0.2) is 17.5 Å². The average molecular weight is 916 g/mol. The molecule has 0 spiro atoms. The van der Waals surface area contributed by atoms with Gasteiger partial charge in [-0.05, 0) is 46.2 Å². The summed E-state index contributed by atoms with van der Waals surface area (Å²) >= 11 is 0. The second-order valence-electron chi connectivity index (χ2n) is 15.8. The van der Waals surface area contributed by atoms with Crippen molar-refractivity contribution < 1.29 is 47.8 Å². The van der Waals surface area contributed by atoms with Crippen LogP contribution in [0.5, 0.6) is 0 Å². The molecule has 352 valence electrons. The predicted molar refractivity (Wildman–Crippen MR) is 237 cm³/mol. The normalized spacial score (nSPS) is 11.5. The van der Waals surface area contributed by atoms with Crippen LogP contribution < -0.4 is 37.2 Å². The number of alkyl carbamates (subject to hydrolysis) is 1. The van der Waals surface area contributed by atoms with E-state index < -0.39 is 59.1 Å². The Bertz CT molecular complexity index is 2640. The van der Waals surface area contributed by atoms with Gasteiger partial charge in [-0.1, -0.05) is 0 Å². The Morgan fingerprint density at radius 3 is 1.76 bits per heavy atom. The molecule has 0 saturated carbocycles. The lowest BCUT2D eigenvalue weighted by Crippen LogP contribution is -2.47. The summed E-state index contributed by atoms with van der Waals surface area (Å²) in [6.07, 6.45) is 7.95. The molecule has 7 N–H and O–H groups in total. The number of anilines is 4. The number of aromatic nitrogens is 8. The highest BCUT2D eigenvalue weighted by Gasteiger charge is 2.27. The standard InChI is InChI=1S/C41H53N15O10/c1-10-65-39(63)33-50-29(22-56(33)9)51-34(58)25(47-40(64)66-41(2,3)4)11-13-43-35(59)26-18-24(20-54(26)7)46-38(62)32-49-28(21-55(32)8)48-30(57)12-14-44-36(60)27-17-23(19-53(27)6)45-37(61)31-42-15-16-52(31)5/h15-22,25H,10-14H2,1-9H3,(H,43,59)(H,44,60)(H,45,61)(H,46,62)(H,47,64)(H,48,57)(H,51,58)/t25-/m1/s1. The third kappa shape index (κ3) is 12.9. The number of rotatable bonds is 18. The first-order valence-corrected chi connectivity index (χ1v) is 20.5. The van der Waals surface area contributed by atoms with E-state index in [1.54, 1.807) is 79.9 Å². The molecule has 0 fully saturated rings. The summed E-state index contributed by atoms with van der Waals surface area (Å²) in [5, 5.41) is 18.4. The van der Waals surface area contributed by atoms with Crippen molar-refractivity contribution in [2.75, 3.05) is 41.0 Å². The first-order chi connectivity index (χ1) is 31.1. The van der Waals surface area contributed by atoms with Crippen LogP contribution in [0.4, 0.5) is 27.8 Å². The Balaban J connectivity index is 1.11. The Morgan fingerprint density at radius 1 is 0.652 bits per heavy atom. The van der Waals surface area contributed by atoms with E-state index in [-0.39, 0.29) is 78.7 Å². The van der Waals surface area contributed by atoms with Crippen LogP contribution in [0, 0.1) is 0 Å². The third-order valence-corrected chi connectivity index (χ3v) is 9.31. The van der Waals surface area contributed by atoms with E-state index in [2.05, 4.69) is 52.2 Å². The van der Waals surface area contributed by atoms with Crippen LogP contribution in [0.25, 0.3) is 0 Å². The molecule has 0 unspecified atom stereocenters. The number of esters is 1. The molecular weight excluding hydrogens is 863 g/mol. The number of amides is 7. The molecular formula is C41H53N15O10. The van der Waals surface area contributed by atoms with E-state index in [1.165, 1.54) is 55.2 Å². The van der Waals surface area contributed by atoms with E-state index in [9.17, 15) is 38.4 Å². The number of aryl methyl sites for hydroxylation is 5. The van der Waals surface area contributed by atoms with E-state index in [1.807, 2.05) is 0 Å². The zero-order chi connectivity index (χ0) is 48.5. The van der Waals surface area contributed by atoms with Gasteiger partial charge in [0.1, 0.15) is 23.0 Å². The number of carbonyl (C=O) groups is 8. The zero-order valence-electron chi connectivity index (χ0n) is 37.9. The molecule has 5 heterocycles. The lowest BCUT2D eigenvalue weighted by Gasteiger charge is -2.23. The molecule has 25 nitrogen and oxygen atoms in total. The van der Waals surface area contributed by atoms with E-state index >= 15 is 0 Å². The number of nitrogens with zero attached hydrogens (tertiary/aromatic N) is 8. The van der Waals surface area contributed by atoms with Crippen LogP contribution in [0.15, 0.2) is 49.3 Å². The molecule has 0 saturated heterocycles. The molecule has 0 radical (unpaired) electrons. The van der Waals surface area contributed by atoms with Crippen LogP contribution in [-0.2, 0) is 54.3 Å². The minimum Gasteiger partial charge on any atom is -0.460 e. The molecule has 0 aliphatic rings. The van der Waals surface area contributed by atoms with Gasteiger partial charge in [0.25, 0.3) is 23.6 Å². The highest BCUT2D eigenvalue weighted by molar-refractivity contribution is 6.04. The number of hydrogen-bond acceptors (Lipinski definition) is 13. The number of imidazole rings is 3. The van der Waals surface area contributed by atoms with Crippen molar-refractivity contribution in [3.63, 3.8) is 0 Å². The van der Waals surface area contributed by atoms with Gasteiger partial charge in [-0.15, -0.1) is 0 Å². The van der Waals surface area contributed by atoms with Crippen molar-refractivity contribution in [1.82, 2.24) is 53.7 Å². The highest BCUT2D eigenvalue weighted by Crippen LogP contribution is 2.17. The van der Waals surface area contributed by atoms with Gasteiger partial charge in [0.05, 0.1) is 18.0 Å². The Kier molecular flexibility index (Phi) is 15.5. The maximum atomic E-state index is 13.3. The second-order valence-corrected chi connectivity index (χ2v) is 15.8. The van der Waals surface area contributed by atoms with Gasteiger partial charge in [0.2, 0.25) is 23.5 Å². The van der Waals surface area contributed by atoms with Gasteiger partial charge in [-0.3, -0.25) is 28.8 Å². The molecule has 5 aromatic heterocycles. The van der Waals surface area contributed by atoms with Crippen molar-refractivity contribution in [1.29, 1.82) is 0 Å². The summed E-state index contributed by atoms with van der Waals surface area (Å²) in [7, 11) is 8.00. The molecule has 5 aromatic rings. The molecule has 0 aliphatic heterocycles. The van der Waals surface area contributed by atoms with Crippen molar-refractivity contribution in [2.45, 2.75) is 52.2 Å². The van der Waals surface area contributed by atoms with Gasteiger partial charge in [0, 0.05) is 91.9 Å². The van der Waals surface area contributed by atoms with Gasteiger partial charge in [-0.25, -0.2) is 24.5 Å². The van der Waals surface area contributed by atoms with E-state index in [0.29, 0.717) is 5.69 Å². The predicted octanol–water partition coefficient (Wildman–Crippen LogP) is 1.66. The van der Waals surface area contributed by atoms with Crippen LogP contribution >= 0.6 is 0 Å². The summed E-state index contributed by atoms with van der Waals surface area (Å²) in [5.41, 5.74) is 0.154. The fourth-order valence-electron chi connectivity index (χ4n) is 6.26. The Hall–Kier alpha value is -8.25. The smallest absolute Gasteiger partial charge is 0.408 e. The van der Waals surface area contributed by atoms with Crippen LogP contribution in [0.3, 0.4) is 0 Å². The molecule has 1 atom stereocenters. The first kappa shape index (κ1) is 48.8. The van der Waals surface area contributed by atoms with Crippen molar-refractivity contribution in [3.8, 4) is 0 Å². The zero-order valence-corrected chi connectivity index (χ0v) is 37.9. The SMILES string of the molecule is CCOC(=O)c1nc(NC(=O)[C@@H](CCNC(=O)c2cc(NC(=O)c3nc(NC(=O)CCNC(=O)c4cc(NC(=O)c5nccn5C)cn4C)cn3C)cn2C)NC(=O)OC(C)(C)C)cn1C. The lowest BCUT2D eigenvalue weighted by molar-refractivity contribution is -0.118. The third-order valence-electron chi connectivity index (χ3n) is 9.31. The van der Waals surface area contributed by atoms with Crippen molar-refractivity contribution >= 4 is 70.5 Å². The molecule has 5 rings (SSSR count). The largest absolute Gasteiger partial charge is 0.460 e. The average Bonchev–Trinajstić information content (AvgIpc) is 4.06. The monoisotopic (exact) mass is 915 g/mol. The van der Waals surface area contributed by atoms with Crippen LogP contribution in [0.1, 0.15) is 93.4 Å². The first-order valence-electron chi connectivity index (χ1n) is 20.5. The summed E-state index contributed by atoms with van der Waals surface area (Å²) < 4.78 is 17.6. The minimum atomic E-state index is -1.21. The molecule has 0 bridgehead atoms. The highest BCUT2D eigenvalue weighted by atomic mass is 16.6. The second kappa shape index (κ2) is 21.0. The summed E-state index contributed by atoms with van der Waals surface area (Å²) in [4.78, 5) is 115. The topological polar surface area (TPSA) is 303 Å². The summed E-state index contributed by atoms with van der Waals surface area (Å²) in [6.45, 7) is 6.62. The Labute approximate surface area is 378 Å². The van der Waals surface area contributed by atoms with Crippen LogP contribution in [0.2, 0.25) is 0 Å². The number of carbonyl (C=O) groups excluding carboxylic acids is 8. The minimum absolute atomic E-state index is 0.0275. The fourth-order valence-corrected chi connectivity index (χ4v) is 6.26. The maximum Gasteiger partial charge on any atom is 0.408 e.